The third kappa shape index (κ3) is 33.6. The molecule has 0 aromatic carbocycles. The minimum atomic E-state index is -4.85. The number of rotatable bonds is 46. The van der Waals surface area contributed by atoms with E-state index in [-0.39, 0.29) is 25.2 Å². The molecule has 12 nitrogen and oxygen atoms in total. The van der Waals surface area contributed by atoms with Crippen molar-refractivity contribution < 1.29 is 52.2 Å². The van der Waals surface area contributed by atoms with Gasteiger partial charge in [-0.15, -0.1) is 0 Å². The van der Waals surface area contributed by atoms with Crippen LogP contribution in [0.1, 0.15) is 264 Å². The van der Waals surface area contributed by atoms with E-state index in [0.29, 0.717) is 12.8 Å². The van der Waals surface area contributed by atoms with Crippen molar-refractivity contribution in [1.82, 2.24) is 5.32 Å². The summed E-state index contributed by atoms with van der Waals surface area (Å²) in [5.41, 5.74) is 0. The molecule has 0 aromatic heterocycles. The average molecular weight is 936 g/mol. The summed E-state index contributed by atoms with van der Waals surface area (Å²) in [5.74, 6) is -0.245. The maximum absolute atomic E-state index is 13.2. The fraction of sp³-hybridized carbons (Fsp3) is 0.980. The second-order valence-corrected chi connectivity index (χ2v) is 20.5. The number of aliphatic hydroxyl groups is 5. The van der Waals surface area contributed by atoms with E-state index in [9.17, 15) is 38.7 Å². The van der Waals surface area contributed by atoms with Crippen LogP contribution in [0.15, 0.2) is 0 Å². The molecule has 1 rings (SSSR count). The van der Waals surface area contributed by atoms with Gasteiger partial charge in [0.15, 0.2) is 0 Å². The fourth-order valence-corrected chi connectivity index (χ4v) is 9.52. The molecule has 0 saturated carbocycles. The predicted molar refractivity (Wildman–Crippen MR) is 260 cm³/mol. The van der Waals surface area contributed by atoms with Crippen LogP contribution in [-0.2, 0) is 24.1 Å². The third-order valence-corrected chi connectivity index (χ3v) is 13.9. The van der Waals surface area contributed by atoms with Crippen LogP contribution in [0.25, 0.3) is 0 Å². The molecule has 0 radical (unpaired) electrons. The minimum absolute atomic E-state index is 0.0000915. The van der Waals surface area contributed by atoms with Gasteiger partial charge >= 0.3 is 10.4 Å². The van der Waals surface area contributed by atoms with Crippen molar-refractivity contribution in [2.75, 3.05) is 6.61 Å². The fourth-order valence-electron chi connectivity index (χ4n) is 9.21. The van der Waals surface area contributed by atoms with Crippen LogP contribution >= 0.6 is 0 Å². The van der Waals surface area contributed by atoms with Gasteiger partial charge in [0, 0.05) is 6.42 Å². The van der Waals surface area contributed by atoms with Gasteiger partial charge < -0.3 is 35.6 Å². The Balaban J connectivity index is 2.39. The molecule has 0 aliphatic carbocycles. The summed E-state index contributed by atoms with van der Waals surface area (Å²) in [4.78, 5) is 13.2. The molecule has 0 bridgehead atoms. The Hall–Kier alpha value is -0.900. The Kier molecular flexibility index (Phi) is 39.3. The number of hydrogen-bond acceptors (Lipinski definition) is 10. The summed E-state index contributed by atoms with van der Waals surface area (Å²) in [7, 11) is -4.85. The minimum Gasteiger partial charge on any atom is -0.390 e. The van der Waals surface area contributed by atoms with Crippen molar-refractivity contribution in [3.63, 3.8) is 0 Å². The maximum atomic E-state index is 13.2. The third-order valence-electron chi connectivity index (χ3n) is 13.5. The number of hydrogen-bond donors (Lipinski definition) is 7. The molecule has 13 heteroatoms. The van der Waals surface area contributed by atoms with Crippen LogP contribution in [-0.4, -0.2) is 99.8 Å². The highest BCUT2D eigenvalue weighted by Crippen LogP contribution is 2.27. The number of ether oxygens (including phenoxy) is 1. The summed E-state index contributed by atoms with van der Waals surface area (Å²) < 4.78 is 41.3. The van der Waals surface area contributed by atoms with Crippen molar-refractivity contribution >= 4 is 16.3 Å². The SMILES string of the molecule is CCCCCCCCCCCCCCCCCCCCCCCCCC(=O)NC(CC[C@@H]1OC(COS(=O)(=O)O)[C@H](O)C(O)C1O)C(O)C(O)CCCCCCCCCCCCCC. The highest BCUT2D eigenvalue weighted by Gasteiger charge is 2.44. The Morgan fingerprint density at radius 2 is 0.859 bits per heavy atom. The van der Waals surface area contributed by atoms with Gasteiger partial charge in [-0.3, -0.25) is 9.35 Å². The topological polar surface area (TPSA) is 203 Å². The maximum Gasteiger partial charge on any atom is 0.397 e. The van der Waals surface area contributed by atoms with Gasteiger partial charge in [-0.2, -0.15) is 8.42 Å². The van der Waals surface area contributed by atoms with Gasteiger partial charge in [0.05, 0.1) is 31.0 Å². The Labute approximate surface area is 392 Å². The van der Waals surface area contributed by atoms with Gasteiger partial charge in [-0.1, -0.05) is 232 Å². The Morgan fingerprint density at radius 1 is 0.516 bits per heavy atom. The second-order valence-electron chi connectivity index (χ2n) is 19.4. The van der Waals surface area contributed by atoms with Gasteiger partial charge in [0.25, 0.3) is 0 Å². The van der Waals surface area contributed by atoms with Crippen molar-refractivity contribution in [3.8, 4) is 0 Å². The zero-order valence-corrected chi connectivity index (χ0v) is 41.9. The van der Waals surface area contributed by atoms with Crippen LogP contribution in [0.4, 0.5) is 0 Å². The number of carbonyl (C=O) groups is 1. The van der Waals surface area contributed by atoms with E-state index in [1.54, 1.807) is 0 Å². The number of aliphatic hydroxyl groups excluding tert-OH is 5. The molecule has 1 heterocycles. The van der Waals surface area contributed by atoms with Gasteiger partial charge in [0.2, 0.25) is 5.91 Å². The van der Waals surface area contributed by atoms with Crippen LogP contribution in [0.3, 0.4) is 0 Å². The first kappa shape index (κ1) is 61.1. The first-order chi connectivity index (χ1) is 30.9. The Morgan fingerprint density at radius 3 is 1.23 bits per heavy atom. The number of amides is 1. The zero-order valence-electron chi connectivity index (χ0n) is 41.0. The number of carbonyl (C=O) groups excluding carboxylic acids is 1. The number of unbranched alkanes of at least 4 members (excludes halogenated alkanes) is 33. The summed E-state index contributed by atoms with van der Waals surface area (Å²) >= 11 is 0. The molecule has 8 atom stereocenters. The van der Waals surface area contributed by atoms with E-state index in [1.807, 2.05) is 0 Å². The van der Waals surface area contributed by atoms with E-state index >= 15 is 0 Å². The first-order valence-electron chi connectivity index (χ1n) is 26.9. The largest absolute Gasteiger partial charge is 0.397 e. The van der Waals surface area contributed by atoms with E-state index in [4.69, 9.17) is 9.29 Å². The van der Waals surface area contributed by atoms with Crippen molar-refractivity contribution in [1.29, 1.82) is 0 Å². The second kappa shape index (κ2) is 41.1. The van der Waals surface area contributed by atoms with Crippen LogP contribution in [0.2, 0.25) is 0 Å². The molecular weight excluding hydrogens is 835 g/mol. The zero-order chi connectivity index (χ0) is 47.1. The molecule has 64 heavy (non-hydrogen) atoms. The molecule has 0 aromatic rings. The van der Waals surface area contributed by atoms with E-state index in [1.165, 1.54) is 173 Å². The normalized spacial score (nSPS) is 20.7. The molecule has 7 N–H and O–H groups in total. The summed E-state index contributed by atoms with van der Waals surface area (Å²) in [6, 6.07) is -0.878. The molecule has 1 aliphatic heterocycles. The highest BCUT2D eigenvalue weighted by atomic mass is 32.3. The first-order valence-corrected chi connectivity index (χ1v) is 28.2. The molecule has 0 spiro atoms. The summed E-state index contributed by atoms with van der Waals surface area (Å²) in [6.45, 7) is 3.72. The molecule has 1 fully saturated rings. The van der Waals surface area contributed by atoms with Crippen molar-refractivity contribution in [2.45, 2.75) is 313 Å². The highest BCUT2D eigenvalue weighted by molar-refractivity contribution is 7.80. The molecule has 1 aliphatic rings. The van der Waals surface area contributed by atoms with Crippen LogP contribution in [0.5, 0.6) is 0 Å². The quantitative estimate of drug-likeness (QED) is 0.0226. The van der Waals surface area contributed by atoms with Gasteiger partial charge in [-0.25, -0.2) is 4.18 Å². The average Bonchev–Trinajstić information content (AvgIpc) is 3.27. The lowest BCUT2D eigenvalue weighted by molar-refractivity contribution is -0.229. The Bertz CT molecular complexity index is 1160. The van der Waals surface area contributed by atoms with E-state index < -0.39 is 65.8 Å². The number of nitrogens with one attached hydrogen (secondary N) is 1. The van der Waals surface area contributed by atoms with Crippen LogP contribution < -0.4 is 5.32 Å². The summed E-state index contributed by atoms with van der Waals surface area (Å²) in [5, 5.41) is 56.7. The smallest absolute Gasteiger partial charge is 0.390 e. The van der Waals surface area contributed by atoms with Gasteiger partial charge in [-0.05, 0) is 25.7 Å². The molecular formula is C51H101NO11S. The molecule has 1 saturated heterocycles. The molecule has 6 unspecified atom stereocenters. The van der Waals surface area contributed by atoms with Crippen molar-refractivity contribution in [2.24, 2.45) is 0 Å². The molecule has 1 amide bonds. The lowest BCUT2D eigenvalue weighted by Crippen LogP contribution is -2.59. The van der Waals surface area contributed by atoms with Crippen LogP contribution in [0, 0.1) is 0 Å². The predicted octanol–water partition coefficient (Wildman–Crippen LogP) is 11.1. The monoisotopic (exact) mass is 936 g/mol. The lowest BCUT2D eigenvalue weighted by Gasteiger charge is -2.41. The van der Waals surface area contributed by atoms with E-state index in [2.05, 4.69) is 23.3 Å². The molecule has 382 valence electrons. The van der Waals surface area contributed by atoms with Gasteiger partial charge in [0.1, 0.15) is 24.4 Å². The van der Waals surface area contributed by atoms with Crippen molar-refractivity contribution in [3.05, 3.63) is 0 Å². The summed E-state index contributed by atoms with van der Waals surface area (Å²) in [6.07, 6.45) is 34.9. The standard InChI is InChI=1S/C51H101NO11S/c1-3-5-7-9-11-13-15-17-18-19-20-21-22-23-24-25-26-27-29-31-33-35-37-39-47(54)52-43(40-41-45-49(56)51(58)50(57)46(63-45)42-62-64(59,60)61)48(55)44(53)38-36-34-32-30-28-16-14-12-10-8-6-4-2/h43-46,48-51,53,55-58H,3-42H2,1-2H3,(H,52,54)(H,59,60,61)/t43?,44?,45-,46?,48?,49?,50-,51?/m0/s1. The van der Waals surface area contributed by atoms with E-state index in [0.717, 1.165) is 44.9 Å². The lowest BCUT2D eigenvalue weighted by atomic mass is 9.90.